The first kappa shape index (κ1) is 15.6. The molecular formula is C15H17N5O2S. The Bertz CT molecular complexity index is 698. The molecule has 2 aromatic rings. The number of nitriles is 1. The topological polar surface area (TPSA) is 96.7 Å². The van der Waals surface area contributed by atoms with Gasteiger partial charge in [-0.1, -0.05) is 11.8 Å². The van der Waals surface area contributed by atoms with Crippen LogP contribution in [0.15, 0.2) is 34.3 Å². The number of hydrogen-bond donors (Lipinski definition) is 1. The number of furan rings is 1. The molecule has 1 aliphatic carbocycles. The van der Waals surface area contributed by atoms with Gasteiger partial charge in [0, 0.05) is 0 Å². The van der Waals surface area contributed by atoms with Crippen molar-refractivity contribution < 1.29 is 9.21 Å². The normalized spacial score (nSPS) is 16.1. The summed E-state index contributed by atoms with van der Waals surface area (Å²) in [5, 5.41) is 20.7. The fourth-order valence-electron chi connectivity index (χ4n) is 2.71. The highest BCUT2D eigenvalue weighted by molar-refractivity contribution is 7.99. The minimum absolute atomic E-state index is 0.147. The van der Waals surface area contributed by atoms with E-state index in [-0.39, 0.29) is 11.7 Å². The summed E-state index contributed by atoms with van der Waals surface area (Å²) in [5.74, 6) is 0.858. The van der Waals surface area contributed by atoms with Crippen molar-refractivity contribution in [3.05, 3.63) is 30.5 Å². The monoisotopic (exact) mass is 331 g/mol. The summed E-state index contributed by atoms with van der Waals surface area (Å²) in [5.41, 5.74) is -0.681. The van der Waals surface area contributed by atoms with E-state index in [9.17, 15) is 10.1 Å². The first-order valence-electron chi connectivity index (χ1n) is 7.46. The van der Waals surface area contributed by atoms with Crippen LogP contribution in [-0.4, -0.2) is 32.0 Å². The number of carbonyl (C=O) groups excluding carboxylic acids is 1. The highest BCUT2D eigenvalue weighted by Crippen LogP contribution is 2.29. The molecule has 1 saturated carbocycles. The van der Waals surface area contributed by atoms with Crippen molar-refractivity contribution >= 4 is 17.7 Å². The van der Waals surface area contributed by atoms with E-state index in [1.807, 2.05) is 16.7 Å². The van der Waals surface area contributed by atoms with Crippen LogP contribution in [-0.2, 0) is 11.3 Å². The summed E-state index contributed by atoms with van der Waals surface area (Å²) in [6.07, 6.45) is 6.65. The van der Waals surface area contributed by atoms with Crippen LogP contribution in [0.5, 0.6) is 0 Å². The van der Waals surface area contributed by atoms with Crippen LogP contribution in [0.25, 0.3) is 0 Å². The lowest BCUT2D eigenvalue weighted by atomic mass is 10.0. The average Bonchev–Trinajstić information content (AvgIpc) is 3.28. The molecule has 1 aliphatic rings. The van der Waals surface area contributed by atoms with E-state index in [1.54, 1.807) is 12.6 Å². The Kier molecular flexibility index (Phi) is 4.67. The number of rotatable bonds is 6. The number of thioether (sulfide) groups is 1. The fraction of sp³-hybridized carbons (Fsp3) is 0.467. The molecule has 1 fully saturated rings. The SMILES string of the molecule is N#CC1(NC(=O)CSc2nncn2Cc2ccco2)CCCC1. The molecule has 1 N–H and O–H groups in total. The number of amides is 1. The van der Waals surface area contributed by atoms with E-state index in [2.05, 4.69) is 21.6 Å². The minimum Gasteiger partial charge on any atom is -0.467 e. The Morgan fingerprint density at radius 3 is 3.04 bits per heavy atom. The first-order valence-corrected chi connectivity index (χ1v) is 8.45. The van der Waals surface area contributed by atoms with E-state index in [0.717, 1.165) is 31.4 Å². The molecule has 0 bridgehead atoms. The zero-order chi connectivity index (χ0) is 16.1. The Balaban J connectivity index is 1.55. The molecule has 0 radical (unpaired) electrons. The van der Waals surface area contributed by atoms with Gasteiger partial charge in [-0.15, -0.1) is 10.2 Å². The van der Waals surface area contributed by atoms with Gasteiger partial charge in [0.25, 0.3) is 0 Å². The highest BCUT2D eigenvalue weighted by atomic mass is 32.2. The molecule has 0 unspecified atom stereocenters. The van der Waals surface area contributed by atoms with Crippen LogP contribution in [0.3, 0.4) is 0 Å². The summed E-state index contributed by atoms with van der Waals surface area (Å²) in [6, 6.07) is 5.95. The molecule has 0 spiro atoms. The van der Waals surface area contributed by atoms with Crippen LogP contribution in [0.4, 0.5) is 0 Å². The number of hydrogen-bond acceptors (Lipinski definition) is 6. The summed E-state index contributed by atoms with van der Waals surface area (Å²) in [7, 11) is 0. The first-order chi connectivity index (χ1) is 11.2. The lowest BCUT2D eigenvalue weighted by Gasteiger charge is -2.21. The van der Waals surface area contributed by atoms with E-state index in [1.165, 1.54) is 11.8 Å². The second-order valence-corrected chi connectivity index (χ2v) is 6.50. The summed E-state index contributed by atoms with van der Waals surface area (Å²) >= 11 is 1.30. The highest BCUT2D eigenvalue weighted by Gasteiger charge is 2.35. The maximum absolute atomic E-state index is 12.1. The van der Waals surface area contributed by atoms with Crippen molar-refractivity contribution in [2.45, 2.75) is 42.9 Å². The molecule has 2 aromatic heterocycles. The van der Waals surface area contributed by atoms with Crippen molar-refractivity contribution in [1.82, 2.24) is 20.1 Å². The van der Waals surface area contributed by atoms with Gasteiger partial charge in [0.2, 0.25) is 5.91 Å². The van der Waals surface area contributed by atoms with Gasteiger partial charge in [-0.05, 0) is 37.8 Å². The Labute approximate surface area is 138 Å². The molecule has 120 valence electrons. The predicted molar refractivity (Wildman–Crippen MR) is 83.5 cm³/mol. The third-order valence-corrected chi connectivity index (χ3v) is 4.85. The van der Waals surface area contributed by atoms with Gasteiger partial charge in [0.1, 0.15) is 17.6 Å². The number of carbonyl (C=O) groups is 1. The molecule has 8 heteroatoms. The van der Waals surface area contributed by atoms with Gasteiger partial charge in [0.15, 0.2) is 5.16 Å². The molecule has 0 saturated heterocycles. The lowest BCUT2D eigenvalue weighted by Crippen LogP contribution is -2.45. The summed E-state index contributed by atoms with van der Waals surface area (Å²) in [4.78, 5) is 12.1. The number of nitrogens with zero attached hydrogens (tertiary/aromatic N) is 4. The standard InChI is InChI=1S/C15H17N5O2S/c16-10-15(5-1-2-6-15)18-13(21)9-23-14-19-17-11-20(14)8-12-4-3-7-22-12/h3-4,7,11H,1-2,5-6,8-9H2,(H,18,21). The Morgan fingerprint density at radius 1 is 1.52 bits per heavy atom. The third-order valence-electron chi connectivity index (χ3n) is 3.87. The largest absolute Gasteiger partial charge is 0.467 e. The molecule has 7 nitrogen and oxygen atoms in total. The van der Waals surface area contributed by atoms with Crippen molar-refractivity contribution in [2.75, 3.05) is 5.75 Å². The fourth-order valence-corrected chi connectivity index (χ4v) is 3.43. The second-order valence-electron chi connectivity index (χ2n) is 5.56. The van der Waals surface area contributed by atoms with Gasteiger partial charge < -0.3 is 14.3 Å². The minimum atomic E-state index is -0.681. The van der Waals surface area contributed by atoms with Crippen molar-refractivity contribution in [2.24, 2.45) is 0 Å². The van der Waals surface area contributed by atoms with E-state index >= 15 is 0 Å². The molecule has 3 rings (SSSR count). The van der Waals surface area contributed by atoms with Crippen molar-refractivity contribution in [3.63, 3.8) is 0 Å². The van der Waals surface area contributed by atoms with Crippen LogP contribution < -0.4 is 5.32 Å². The molecule has 23 heavy (non-hydrogen) atoms. The van der Waals surface area contributed by atoms with Crippen LogP contribution in [0.2, 0.25) is 0 Å². The zero-order valence-electron chi connectivity index (χ0n) is 12.6. The maximum Gasteiger partial charge on any atom is 0.231 e. The summed E-state index contributed by atoms with van der Waals surface area (Å²) in [6.45, 7) is 0.520. The number of nitrogens with one attached hydrogen (secondary N) is 1. The average molecular weight is 331 g/mol. The van der Waals surface area contributed by atoms with Crippen LogP contribution >= 0.6 is 11.8 Å². The third kappa shape index (κ3) is 3.74. The van der Waals surface area contributed by atoms with E-state index in [0.29, 0.717) is 11.7 Å². The predicted octanol–water partition coefficient (Wildman–Crippen LogP) is 1.96. The van der Waals surface area contributed by atoms with Gasteiger partial charge in [0.05, 0.1) is 24.6 Å². The maximum atomic E-state index is 12.1. The molecule has 0 aliphatic heterocycles. The lowest BCUT2D eigenvalue weighted by molar-refractivity contribution is -0.119. The molecule has 0 atom stereocenters. The second kappa shape index (κ2) is 6.87. The Hall–Kier alpha value is -2.27. The van der Waals surface area contributed by atoms with Crippen LogP contribution in [0.1, 0.15) is 31.4 Å². The summed E-state index contributed by atoms with van der Waals surface area (Å²) < 4.78 is 7.13. The van der Waals surface area contributed by atoms with Crippen molar-refractivity contribution in [3.8, 4) is 6.07 Å². The smallest absolute Gasteiger partial charge is 0.231 e. The van der Waals surface area contributed by atoms with E-state index < -0.39 is 5.54 Å². The zero-order valence-corrected chi connectivity index (χ0v) is 13.4. The van der Waals surface area contributed by atoms with Gasteiger partial charge >= 0.3 is 0 Å². The van der Waals surface area contributed by atoms with Gasteiger partial charge in [-0.3, -0.25) is 4.79 Å². The van der Waals surface area contributed by atoms with Gasteiger partial charge in [-0.25, -0.2) is 0 Å². The quantitative estimate of drug-likeness (QED) is 0.813. The van der Waals surface area contributed by atoms with Crippen LogP contribution in [0, 0.1) is 11.3 Å². The number of aromatic nitrogens is 3. The van der Waals surface area contributed by atoms with Crippen molar-refractivity contribution in [1.29, 1.82) is 5.26 Å². The molecule has 2 heterocycles. The van der Waals surface area contributed by atoms with E-state index in [4.69, 9.17) is 4.42 Å². The molecule has 1 amide bonds. The molecule has 0 aromatic carbocycles. The molecular weight excluding hydrogens is 314 g/mol. The van der Waals surface area contributed by atoms with Gasteiger partial charge in [-0.2, -0.15) is 5.26 Å². The Morgan fingerprint density at radius 2 is 2.35 bits per heavy atom.